The summed E-state index contributed by atoms with van der Waals surface area (Å²) in [5.74, 6) is -1.74. The largest absolute Gasteiger partial charge is 0.459 e. The third-order valence-corrected chi connectivity index (χ3v) is 4.32. The number of esters is 1. The number of Topliss-reactive ketones (excluding diaryl/α,β-unsaturated/α-hetero) is 1. The lowest BCUT2D eigenvalue weighted by molar-refractivity contribution is -0.164. The number of H-pyrrole nitrogens is 1. The predicted molar refractivity (Wildman–Crippen MR) is 101 cm³/mol. The molecule has 4 nitrogen and oxygen atoms in total. The lowest BCUT2D eigenvalue weighted by Crippen LogP contribution is -2.39. The molecule has 0 radical (unpaired) electrons. The number of benzene rings is 1. The van der Waals surface area contributed by atoms with E-state index in [4.69, 9.17) is 4.74 Å². The van der Waals surface area contributed by atoms with Crippen molar-refractivity contribution in [2.45, 2.75) is 60.0 Å². The van der Waals surface area contributed by atoms with Gasteiger partial charge in [0.15, 0.2) is 0 Å². The molecule has 1 N–H and O–H groups in total. The third-order valence-electron chi connectivity index (χ3n) is 4.32. The van der Waals surface area contributed by atoms with Crippen LogP contribution in [0.5, 0.6) is 0 Å². The predicted octanol–water partition coefficient (Wildman–Crippen LogP) is 4.84. The number of hydrogen-bond donors (Lipinski definition) is 1. The van der Waals surface area contributed by atoms with Gasteiger partial charge >= 0.3 is 5.97 Å². The Morgan fingerprint density at radius 2 is 1.64 bits per heavy atom. The molecule has 2 rings (SSSR count). The maximum atomic E-state index is 12.9. The van der Waals surface area contributed by atoms with Crippen molar-refractivity contribution in [3.05, 3.63) is 36.0 Å². The van der Waals surface area contributed by atoms with Crippen molar-refractivity contribution in [1.29, 1.82) is 0 Å². The number of carbonyl (C=O) groups is 2. The molecule has 1 aromatic heterocycles. The summed E-state index contributed by atoms with van der Waals surface area (Å²) in [6.07, 6.45) is 1.92. The van der Waals surface area contributed by atoms with E-state index >= 15 is 0 Å². The first kappa shape index (κ1) is 19.2. The van der Waals surface area contributed by atoms with Gasteiger partial charge in [0.1, 0.15) is 17.3 Å². The molecule has 2 unspecified atom stereocenters. The third kappa shape index (κ3) is 4.30. The number of fused-ring (bicyclic) bond motifs is 1. The molecule has 0 amide bonds. The normalized spacial score (nSPS) is 15.0. The molecule has 2 atom stereocenters. The lowest BCUT2D eigenvalue weighted by Gasteiger charge is -2.36. The van der Waals surface area contributed by atoms with Gasteiger partial charge in [-0.2, -0.15) is 0 Å². The molecular formula is C21H29NO3. The molecule has 0 fully saturated rings. The van der Waals surface area contributed by atoms with Crippen LogP contribution < -0.4 is 0 Å². The molecule has 2 aromatic rings. The summed E-state index contributed by atoms with van der Waals surface area (Å²) in [6.45, 7) is 13.1. The van der Waals surface area contributed by atoms with Crippen molar-refractivity contribution in [3.63, 3.8) is 0 Å². The molecule has 1 aromatic carbocycles. The zero-order valence-corrected chi connectivity index (χ0v) is 16.3. The summed E-state index contributed by atoms with van der Waals surface area (Å²) < 4.78 is 5.58. The van der Waals surface area contributed by atoms with Gasteiger partial charge in [0, 0.05) is 23.0 Å². The van der Waals surface area contributed by atoms with Crippen LogP contribution in [0.3, 0.4) is 0 Å². The molecule has 1 heterocycles. The molecule has 0 aliphatic rings. The number of hydrogen-bond acceptors (Lipinski definition) is 3. The van der Waals surface area contributed by atoms with Crippen LogP contribution in [0.25, 0.3) is 10.9 Å². The SMILES string of the molecule is CC(=O)C(C(=O)OC(C)(C)C)C(c1c[nH]c2ccccc12)C(C)(C)C. The molecule has 136 valence electrons. The maximum absolute atomic E-state index is 12.9. The Kier molecular flexibility index (Phi) is 5.12. The van der Waals surface area contributed by atoms with Crippen molar-refractivity contribution in [2.75, 3.05) is 0 Å². The zero-order chi connectivity index (χ0) is 19.0. The minimum atomic E-state index is -0.835. The van der Waals surface area contributed by atoms with Crippen LogP contribution in [-0.4, -0.2) is 22.3 Å². The summed E-state index contributed by atoms with van der Waals surface area (Å²) >= 11 is 0. The number of carbonyl (C=O) groups excluding carboxylic acids is 2. The van der Waals surface area contributed by atoms with Gasteiger partial charge in [-0.05, 0) is 44.7 Å². The number of para-hydroxylation sites is 1. The number of aromatic nitrogens is 1. The molecule has 0 spiro atoms. The topological polar surface area (TPSA) is 59.2 Å². The first-order chi connectivity index (χ1) is 11.4. The Morgan fingerprint density at radius 1 is 1.04 bits per heavy atom. The first-order valence-corrected chi connectivity index (χ1v) is 8.71. The molecule has 0 aliphatic carbocycles. The Hall–Kier alpha value is -2.10. The highest BCUT2D eigenvalue weighted by Crippen LogP contribution is 2.44. The van der Waals surface area contributed by atoms with Gasteiger partial charge in [-0.3, -0.25) is 9.59 Å². The minimum Gasteiger partial charge on any atom is -0.459 e. The monoisotopic (exact) mass is 343 g/mol. The highest BCUT2D eigenvalue weighted by molar-refractivity contribution is 6.00. The maximum Gasteiger partial charge on any atom is 0.317 e. The highest BCUT2D eigenvalue weighted by atomic mass is 16.6. The number of ether oxygens (including phenoxy) is 1. The van der Waals surface area contributed by atoms with E-state index in [0.29, 0.717) is 0 Å². The van der Waals surface area contributed by atoms with E-state index in [1.54, 1.807) is 0 Å². The average molecular weight is 343 g/mol. The first-order valence-electron chi connectivity index (χ1n) is 8.71. The zero-order valence-electron chi connectivity index (χ0n) is 16.3. The van der Waals surface area contributed by atoms with Crippen LogP contribution in [0.1, 0.15) is 59.9 Å². The van der Waals surface area contributed by atoms with Gasteiger partial charge < -0.3 is 9.72 Å². The van der Waals surface area contributed by atoms with E-state index in [2.05, 4.69) is 25.8 Å². The van der Waals surface area contributed by atoms with Crippen LogP contribution in [0.4, 0.5) is 0 Å². The second-order valence-corrected chi connectivity index (χ2v) is 8.76. The molecule has 0 bridgehead atoms. The van der Waals surface area contributed by atoms with E-state index in [-0.39, 0.29) is 17.1 Å². The van der Waals surface area contributed by atoms with Crippen LogP contribution >= 0.6 is 0 Å². The standard InChI is InChI=1S/C21H29NO3/c1-13(23)17(19(24)25-21(5,6)7)18(20(2,3)4)15-12-22-16-11-9-8-10-14(15)16/h8-12,17-18,22H,1-7H3. The van der Waals surface area contributed by atoms with Crippen molar-refractivity contribution in [2.24, 2.45) is 11.3 Å². The van der Waals surface area contributed by atoms with Gasteiger partial charge in [-0.25, -0.2) is 0 Å². The van der Waals surface area contributed by atoms with Crippen molar-refractivity contribution < 1.29 is 14.3 Å². The fourth-order valence-electron chi connectivity index (χ4n) is 3.40. The van der Waals surface area contributed by atoms with Crippen LogP contribution in [0, 0.1) is 11.3 Å². The Bertz CT molecular complexity index is 774. The van der Waals surface area contributed by atoms with E-state index in [1.165, 1.54) is 6.92 Å². The van der Waals surface area contributed by atoms with E-state index < -0.39 is 17.5 Å². The van der Waals surface area contributed by atoms with Crippen LogP contribution in [0.15, 0.2) is 30.5 Å². The van der Waals surface area contributed by atoms with Crippen molar-refractivity contribution >= 4 is 22.7 Å². The summed E-state index contributed by atoms with van der Waals surface area (Å²) in [7, 11) is 0. The Balaban J connectivity index is 2.58. The number of ketones is 1. The number of aromatic amines is 1. The Morgan fingerprint density at radius 3 is 2.16 bits per heavy atom. The lowest BCUT2D eigenvalue weighted by atomic mass is 9.68. The van der Waals surface area contributed by atoms with E-state index in [9.17, 15) is 9.59 Å². The second kappa shape index (κ2) is 6.66. The fourth-order valence-corrected chi connectivity index (χ4v) is 3.40. The van der Waals surface area contributed by atoms with Crippen molar-refractivity contribution in [1.82, 2.24) is 4.98 Å². The molecule has 25 heavy (non-hydrogen) atoms. The summed E-state index contributed by atoms with van der Waals surface area (Å²) in [4.78, 5) is 28.6. The van der Waals surface area contributed by atoms with Gasteiger partial charge in [0.05, 0.1) is 0 Å². The van der Waals surface area contributed by atoms with Gasteiger partial charge in [-0.1, -0.05) is 39.0 Å². The summed E-state index contributed by atoms with van der Waals surface area (Å²) in [5, 5.41) is 1.04. The quantitative estimate of drug-likeness (QED) is 0.638. The molecular weight excluding hydrogens is 314 g/mol. The summed E-state index contributed by atoms with van der Waals surface area (Å²) in [6, 6.07) is 7.95. The summed E-state index contributed by atoms with van der Waals surface area (Å²) in [5.41, 5.74) is 1.05. The number of rotatable bonds is 4. The number of nitrogens with one attached hydrogen (secondary N) is 1. The van der Waals surface area contributed by atoms with Crippen molar-refractivity contribution in [3.8, 4) is 0 Å². The van der Waals surface area contributed by atoms with Crippen LogP contribution in [-0.2, 0) is 14.3 Å². The van der Waals surface area contributed by atoms with Gasteiger partial charge in [-0.15, -0.1) is 0 Å². The van der Waals surface area contributed by atoms with Gasteiger partial charge in [0.25, 0.3) is 0 Å². The van der Waals surface area contributed by atoms with E-state index in [1.807, 2.05) is 51.2 Å². The second-order valence-electron chi connectivity index (χ2n) is 8.76. The molecule has 0 saturated carbocycles. The molecule has 0 saturated heterocycles. The van der Waals surface area contributed by atoms with Crippen LogP contribution in [0.2, 0.25) is 0 Å². The average Bonchev–Trinajstić information content (AvgIpc) is 2.84. The fraction of sp³-hybridized carbons (Fsp3) is 0.524. The smallest absolute Gasteiger partial charge is 0.317 e. The highest BCUT2D eigenvalue weighted by Gasteiger charge is 2.43. The molecule has 0 aliphatic heterocycles. The van der Waals surface area contributed by atoms with E-state index in [0.717, 1.165) is 16.5 Å². The van der Waals surface area contributed by atoms with Gasteiger partial charge in [0.2, 0.25) is 0 Å². The minimum absolute atomic E-state index is 0.167. The Labute approximate surface area is 150 Å². The molecule has 4 heteroatoms.